The van der Waals surface area contributed by atoms with Crippen molar-refractivity contribution >= 4 is 33.1 Å². The molecule has 1 aliphatic rings. The van der Waals surface area contributed by atoms with Crippen molar-refractivity contribution in [1.29, 1.82) is 0 Å². The van der Waals surface area contributed by atoms with Gasteiger partial charge in [0.05, 0.1) is 5.75 Å². The van der Waals surface area contributed by atoms with E-state index in [0.29, 0.717) is 24.0 Å². The Morgan fingerprint density at radius 1 is 1.43 bits per heavy atom. The first-order valence-electron chi connectivity index (χ1n) is 6.52. The fourth-order valence-corrected chi connectivity index (χ4v) is 3.62. The van der Waals surface area contributed by atoms with Crippen molar-refractivity contribution < 1.29 is 13.2 Å². The standard InChI is InChI=1S/C13H17N3O3S2/c14-13(20)11-4-2-1-3-9(11)8-21(18,19)15-7-10-5-6-12(17)16-10/h1-4,10,15H,5-8H2,(H2,14,20)(H,16,17). The summed E-state index contributed by atoms with van der Waals surface area (Å²) < 4.78 is 26.7. The maximum Gasteiger partial charge on any atom is 0.220 e. The molecule has 0 spiro atoms. The summed E-state index contributed by atoms with van der Waals surface area (Å²) in [5.74, 6) is -0.237. The van der Waals surface area contributed by atoms with Crippen LogP contribution in [0.25, 0.3) is 0 Å². The zero-order valence-corrected chi connectivity index (χ0v) is 13.0. The van der Waals surface area contributed by atoms with Gasteiger partial charge in [0.1, 0.15) is 4.99 Å². The van der Waals surface area contributed by atoms with Crippen LogP contribution in [0.1, 0.15) is 24.0 Å². The van der Waals surface area contributed by atoms with Crippen molar-refractivity contribution in [3.8, 4) is 0 Å². The Labute approximate surface area is 129 Å². The zero-order chi connectivity index (χ0) is 15.5. The third kappa shape index (κ3) is 4.48. The van der Waals surface area contributed by atoms with Gasteiger partial charge in [-0.15, -0.1) is 0 Å². The molecule has 0 aromatic heterocycles. The molecule has 1 unspecified atom stereocenters. The van der Waals surface area contributed by atoms with Crippen LogP contribution in [0.2, 0.25) is 0 Å². The molecule has 4 N–H and O–H groups in total. The average Bonchev–Trinajstić information content (AvgIpc) is 2.82. The van der Waals surface area contributed by atoms with Crippen molar-refractivity contribution in [3.05, 3.63) is 35.4 Å². The highest BCUT2D eigenvalue weighted by Gasteiger charge is 2.23. The van der Waals surface area contributed by atoms with Gasteiger partial charge in [-0.25, -0.2) is 13.1 Å². The molecule has 6 nitrogen and oxygen atoms in total. The number of carbonyl (C=O) groups excluding carboxylic acids is 1. The van der Waals surface area contributed by atoms with E-state index in [4.69, 9.17) is 18.0 Å². The molecule has 1 fully saturated rings. The van der Waals surface area contributed by atoms with Crippen LogP contribution in [-0.4, -0.2) is 31.9 Å². The molecule has 0 bridgehead atoms. The first kappa shape index (κ1) is 15.9. The molecule has 1 atom stereocenters. The lowest BCUT2D eigenvalue weighted by molar-refractivity contribution is -0.119. The van der Waals surface area contributed by atoms with Gasteiger partial charge in [0.2, 0.25) is 15.9 Å². The molecular formula is C13H17N3O3S2. The monoisotopic (exact) mass is 327 g/mol. The van der Waals surface area contributed by atoms with Gasteiger partial charge in [-0.2, -0.15) is 0 Å². The Hall–Kier alpha value is -1.51. The lowest BCUT2D eigenvalue weighted by Gasteiger charge is -2.13. The molecule has 1 aromatic carbocycles. The Morgan fingerprint density at radius 3 is 2.76 bits per heavy atom. The zero-order valence-electron chi connectivity index (χ0n) is 11.3. The van der Waals surface area contributed by atoms with Gasteiger partial charge in [0, 0.05) is 24.6 Å². The van der Waals surface area contributed by atoms with Crippen LogP contribution in [0.15, 0.2) is 24.3 Å². The third-order valence-corrected chi connectivity index (χ3v) is 4.78. The topological polar surface area (TPSA) is 101 Å². The molecule has 1 amide bonds. The molecule has 114 valence electrons. The van der Waals surface area contributed by atoms with Crippen LogP contribution in [0.4, 0.5) is 0 Å². The molecule has 1 aromatic rings. The predicted octanol–water partition coefficient (Wildman–Crippen LogP) is 0.0188. The van der Waals surface area contributed by atoms with Crippen LogP contribution in [0, 0.1) is 0 Å². The minimum atomic E-state index is -3.51. The minimum absolute atomic E-state index is 0.0435. The second kappa shape index (κ2) is 6.50. The summed E-state index contributed by atoms with van der Waals surface area (Å²) in [6, 6.07) is 6.74. The number of rotatable bonds is 6. The molecular weight excluding hydrogens is 310 g/mol. The van der Waals surface area contributed by atoms with Crippen molar-refractivity contribution in [2.75, 3.05) is 6.54 Å². The number of nitrogens with one attached hydrogen (secondary N) is 2. The molecule has 21 heavy (non-hydrogen) atoms. The highest BCUT2D eigenvalue weighted by molar-refractivity contribution is 7.88. The lowest BCUT2D eigenvalue weighted by Crippen LogP contribution is -2.38. The van der Waals surface area contributed by atoms with Crippen molar-refractivity contribution in [2.24, 2.45) is 5.73 Å². The molecule has 1 heterocycles. The van der Waals surface area contributed by atoms with Crippen molar-refractivity contribution in [1.82, 2.24) is 10.0 Å². The molecule has 0 radical (unpaired) electrons. The average molecular weight is 327 g/mol. The number of nitrogens with two attached hydrogens (primary N) is 1. The van der Waals surface area contributed by atoms with E-state index in [1.54, 1.807) is 24.3 Å². The van der Waals surface area contributed by atoms with Gasteiger partial charge < -0.3 is 11.1 Å². The van der Waals surface area contributed by atoms with Crippen molar-refractivity contribution in [2.45, 2.75) is 24.6 Å². The van der Waals surface area contributed by atoms with E-state index in [0.717, 1.165) is 0 Å². The highest BCUT2D eigenvalue weighted by Crippen LogP contribution is 2.12. The van der Waals surface area contributed by atoms with Crippen LogP contribution in [-0.2, 0) is 20.6 Å². The summed E-state index contributed by atoms with van der Waals surface area (Å²) in [7, 11) is -3.51. The summed E-state index contributed by atoms with van der Waals surface area (Å²) in [4.78, 5) is 11.2. The Balaban J connectivity index is 2.01. The van der Waals surface area contributed by atoms with Crippen LogP contribution in [0.3, 0.4) is 0 Å². The summed E-state index contributed by atoms with van der Waals surface area (Å²) in [5.41, 5.74) is 6.72. The Morgan fingerprint density at radius 2 is 2.14 bits per heavy atom. The number of hydrogen-bond donors (Lipinski definition) is 3. The van der Waals surface area contributed by atoms with E-state index in [-0.39, 0.29) is 29.2 Å². The summed E-state index contributed by atoms with van der Waals surface area (Å²) in [6.07, 6.45) is 1.08. The maximum absolute atomic E-state index is 12.1. The molecule has 1 aliphatic heterocycles. The predicted molar refractivity (Wildman–Crippen MR) is 84.1 cm³/mol. The molecule has 0 aliphatic carbocycles. The summed E-state index contributed by atoms with van der Waals surface area (Å²) in [6.45, 7) is 0.198. The second-order valence-electron chi connectivity index (χ2n) is 4.93. The van der Waals surface area contributed by atoms with E-state index in [9.17, 15) is 13.2 Å². The van der Waals surface area contributed by atoms with E-state index < -0.39 is 10.0 Å². The van der Waals surface area contributed by atoms with E-state index in [1.165, 1.54) is 0 Å². The van der Waals surface area contributed by atoms with E-state index in [1.807, 2.05) is 0 Å². The summed E-state index contributed by atoms with van der Waals surface area (Å²) in [5, 5.41) is 2.71. The van der Waals surface area contributed by atoms with Gasteiger partial charge in [-0.1, -0.05) is 36.5 Å². The largest absolute Gasteiger partial charge is 0.389 e. The molecule has 2 rings (SSSR count). The number of hydrogen-bond acceptors (Lipinski definition) is 4. The Kier molecular flexibility index (Phi) is 4.92. The third-order valence-electron chi connectivity index (χ3n) is 3.26. The van der Waals surface area contributed by atoms with Gasteiger partial charge >= 0.3 is 0 Å². The normalized spacial score (nSPS) is 18.5. The number of benzene rings is 1. The van der Waals surface area contributed by atoms with E-state index in [2.05, 4.69) is 10.0 Å². The lowest BCUT2D eigenvalue weighted by atomic mass is 10.1. The van der Waals surface area contributed by atoms with Gasteiger partial charge in [0.25, 0.3) is 0 Å². The fourth-order valence-electron chi connectivity index (χ4n) is 2.20. The van der Waals surface area contributed by atoms with E-state index >= 15 is 0 Å². The van der Waals surface area contributed by atoms with Gasteiger partial charge in [-0.3, -0.25) is 4.79 Å². The number of thiocarbonyl (C=S) groups is 1. The maximum atomic E-state index is 12.1. The first-order valence-corrected chi connectivity index (χ1v) is 8.58. The molecule has 8 heteroatoms. The molecule has 1 saturated heterocycles. The molecule has 0 saturated carbocycles. The van der Waals surface area contributed by atoms with Crippen LogP contribution >= 0.6 is 12.2 Å². The second-order valence-corrected chi connectivity index (χ2v) is 7.18. The first-order chi connectivity index (χ1) is 9.87. The fraction of sp³-hybridized carbons (Fsp3) is 0.385. The van der Waals surface area contributed by atoms with Crippen LogP contribution < -0.4 is 15.8 Å². The van der Waals surface area contributed by atoms with Gasteiger partial charge in [-0.05, 0) is 12.0 Å². The minimum Gasteiger partial charge on any atom is -0.389 e. The quantitative estimate of drug-likeness (QED) is 0.639. The van der Waals surface area contributed by atoms with Crippen molar-refractivity contribution in [3.63, 3.8) is 0 Å². The summed E-state index contributed by atoms with van der Waals surface area (Å²) >= 11 is 4.92. The van der Waals surface area contributed by atoms with Crippen LogP contribution in [0.5, 0.6) is 0 Å². The van der Waals surface area contributed by atoms with Gasteiger partial charge in [0.15, 0.2) is 0 Å². The SMILES string of the molecule is NC(=S)c1ccccc1CS(=O)(=O)NCC1CCC(=O)N1. The number of amides is 1. The smallest absolute Gasteiger partial charge is 0.220 e. The Bertz CT molecular complexity index is 658. The number of carbonyl (C=O) groups is 1. The number of sulfonamides is 1. The highest BCUT2D eigenvalue weighted by atomic mass is 32.2.